The first-order chi connectivity index (χ1) is 10.1. The van der Waals surface area contributed by atoms with Crippen LogP contribution in [-0.2, 0) is 0 Å². The van der Waals surface area contributed by atoms with Crippen LogP contribution in [0, 0.1) is 10.1 Å². The van der Waals surface area contributed by atoms with Crippen molar-refractivity contribution in [3.63, 3.8) is 0 Å². The van der Waals surface area contributed by atoms with Crippen molar-refractivity contribution in [2.45, 2.75) is 6.92 Å². The maximum atomic E-state index is 11.9. The smallest absolute Gasteiger partial charge is 0.267 e. The van der Waals surface area contributed by atoms with E-state index >= 15 is 0 Å². The molecule has 7 nitrogen and oxygen atoms in total. The summed E-state index contributed by atoms with van der Waals surface area (Å²) in [5.41, 5.74) is 3.84. The Bertz CT molecular complexity index is 698. The molecule has 0 fully saturated rings. The molecule has 0 spiro atoms. The first kappa shape index (κ1) is 14.3. The Labute approximate surface area is 120 Å². The summed E-state index contributed by atoms with van der Waals surface area (Å²) >= 11 is 0. The lowest BCUT2D eigenvalue weighted by molar-refractivity contribution is -0.384. The van der Waals surface area contributed by atoms with E-state index in [1.807, 2.05) is 0 Å². The van der Waals surface area contributed by atoms with Gasteiger partial charge in [0.15, 0.2) is 0 Å². The number of rotatable bonds is 4. The van der Waals surface area contributed by atoms with Gasteiger partial charge in [0.25, 0.3) is 11.6 Å². The van der Waals surface area contributed by atoms with Crippen LogP contribution in [0.5, 0.6) is 0 Å². The van der Waals surface area contributed by atoms with Gasteiger partial charge in [-0.15, -0.1) is 0 Å². The van der Waals surface area contributed by atoms with Crippen LogP contribution in [0.2, 0.25) is 0 Å². The Morgan fingerprint density at radius 3 is 2.62 bits per heavy atom. The Hall–Kier alpha value is -3.09. The maximum absolute atomic E-state index is 11.9. The molecule has 0 saturated heterocycles. The van der Waals surface area contributed by atoms with Gasteiger partial charge in [-0.25, -0.2) is 5.43 Å². The van der Waals surface area contributed by atoms with Crippen LogP contribution in [0.1, 0.15) is 22.8 Å². The van der Waals surface area contributed by atoms with Gasteiger partial charge in [0.2, 0.25) is 0 Å². The third-order valence-electron chi connectivity index (χ3n) is 2.74. The minimum absolute atomic E-state index is 0.141. The summed E-state index contributed by atoms with van der Waals surface area (Å²) < 4.78 is 0. The third kappa shape index (κ3) is 3.69. The Balaban J connectivity index is 2.12. The topological polar surface area (TPSA) is 97.5 Å². The molecule has 0 atom stereocenters. The fourth-order valence-electron chi connectivity index (χ4n) is 1.62. The van der Waals surface area contributed by atoms with Crippen molar-refractivity contribution in [1.82, 2.24) is 10.4 Å². The van der Waals surface area contributed by atoms with Crippen molar-refractivity contribution in [2.24, 2.45) is 5.10 Å². The number of hydrogen-bond donors (Lipinski definition) is 1. The molecule has 0 saturated carbocycles. The summed E-state index contributed by atoms with van der Waals surface area (Å²) in [6.07, 6.45) is 3.24. The minimum Gasteiger partial charge on any atom is -0.267 e. The second-order valence-corrected chi connectivity index (χ2v) is 4.18. The molecule has 0 radical (unpaired) electrons. The predicted octanol–water partition coefficient (Wildman–Crippen LogP) is 2.14. The van der Waals surface area contributed by atoms with E-state index in [0.717, 1.165) is 5.56 Å². The number of aromatic nitrogens is 1. The number of nitro benzene ring substituents is 1. The van der Waals surface area contributed by atoms with Crippen molar-refractivity contribution in [3.8, 4) is 0 Å². The monoisotopic (exact) mass is 284 g/mol. The van der Waals surface area contributed by atoms with Gasteiger partial charge >= 0.3 is 0 Å². The van der Waals surface area contributed by atoms with Crippen molar-refractivity contribution in [2.75, 3.05) is 0 Å². The lowest BCUT2D eigenvalue weighted by Crippen LogP contribution is -2.19. The van der Waals surface area contributed by atoms with E-state index in [2.05, 4.69) is 15.5 Å². The molecule has 1 amide bonds. The number of carbonyl (C=O) groups excluding carboxylic acids is 1. The number of hydrazone groups is 1. The Morgan fingerprint density at radius 1 is 1.24 bits per heavy atom. The van der Waals surface area contributed by atoms with Crippen LogP contribution in [0.25, 0.3) is 0 Å². The largest absolute Gasteiger partial charge is 0.271 e. The zero-order chi connectivity index (χ0) is 15.2. The lowest BCUT2D eigenvalue weighted by atomic mass is 10.2. The minimum atomic E-state index is -0.553. The lowest BCUT2D eigenvalue weighted by Gasteiger charge is -2.02. The van der Waals surface area contributed by atoms with E-state index in [4.69, 9.17) is 0 Å². The summed E-state index contributed by atoms with van der Waals surface area (Å²) in [6, 6.07) is 8.98. The molecule has 7 heteroatoms. The average molecular weight is 284 g/mol. The van der Waals surface area contributed by atoms with Gasteiger partial charge in [-0.05, 0) is 25.1 Å². The van der Waals surface area contributed by atoms with Crippen LogP contribution in [0.15, 0.2) is 53.9 Å². The van der Waals surface area contributed by atoms with Crippen molar-refractivity contribution in [3.05, 3.63) is 70.0 Å². The van der Waals surface area contributed by atoms with Crippen molar-refractivity contribution >= 4 is 17.3 Å². The van der Waals surface area contributed by atoms with E-state index in [9.17, 15) is 14.9 Å². The summed E-state index contributed by atoms with van der Waals surface area (Å²) in [7, 11) is 0. The molecule has 106 valence electrons. The number of nitro groups is 1. The summed E-state index contributed by atoms with van der Waals surface area (Å²) in [5.74, 6) is -0.507. The first-order valence-electron chi connectivity index (χ1n) is 6.07. The van der Waals surface area contributed by atoms with E-state index in [0.29, 0.717) is 5.71 Å². The molecular formula is C14H12N4O3. The molecule has 2 rings (SSSR count). The fraction of sp³-hybridized carbons (Fsp3) is 0.0714. The summed E-state index contributed by atoms with van der Waals surface area (Å²) in [6.45, 7) is 1.74. The number of nitrogens with zero attached hydrogens (tertiary/aromatic N) is 3. The molecule has 1 N–H and O–H groups in total. The van der Waals surface area contributed by atoms with E-state index < -0.39 is 10.8 Å². The van der Waals surface area contributed by atoms with Gasteiger partial charge in [0.05, 0.1) is 10.6 Å². The van der Waals surface area contributed by atoms with Crippen LogP contribution in [0.4, 0.5) is 5.69 Å². The number of pyridine rings is 1. The number of benzene rings is 1. The van der Waals surface area contributed by atoms with Crippen LogP contribution in [0.3, 0.4) is 0 Å². The van der Waals surface area contributed by atoms with Crippen molar-refractivity contribution < 1.29 is 9.72 Å². The molecule has 0 aliphatic heterocycles. The molecule has 1 aromatic heterocycles. The predicted molar refractivity (Wildman–Crippen MR) is 77.0 cm³/mol. The van der Waals surface area contributed by atoms with Crippen molar-refractivity contribution in [1.29, 1.82) is 0 Å². The van der Waals surface area contributed by atoms with Crippen LogP contribution < -0.4 is 5.43 Å². The van der Waals surface area contributed by atoms with Gasteiger partial charge in [-0.3, -0.25) is 19.9 Å². The Kier molecular flexibility index (Phi) is 4.35. The molecule has 1 aromatic carbocycles. The number of hydrogen-bond acceptors (Lipinski definition) is 5. The highest BCUT2D eigenvalue weighted by atomic mass is 16.6. The number of carbonyl (C=O) groups is 1. The number of non-ortho nitro benzene ring substituents is 1. The second-order valence-electron chi connectivity index (χ2n) is 4.18. The molecule has 1 heterocycles. The second kappa shape index (κ2) is 6.38. The summed E-state index contributed by atoms with van der Waals surface area (Å²) in [4.78, 5) is 25.9. The van der Waals surface area contributed by atoms with Gasteiger partial charge in [0.1, 0.15) is 0 Å². The van der Waals surface area contributed by atoms with Crippen LogP contribution >= 0.6 is 0 Å². The van der Waals surface area contributed by atoms with Gasteiger partial charge in [-0.1, -0.05) is 6.07 Å². The quantitative estimate of drug-likeness (QED) is 0.528. The zero-order valence-electron chi connectivity index (χ0n) is 11.2. The third-order valence-corrected chi connectivity index (χ3v) is 2.74. The molecule has 0 aliphatic rings. The van der Waals surface area contributed by atoms with E-state index in [1.54, 1.807) is 31.5 Å². The number of nitrogens with one attached hydrogen (secondary N) is 1. The van der Waals surface area contributed by atoms with Gasteiger partial charge in [-0.2, -0.15) is 5.10 Å². The van der Waals surface area contributed by atoms with Gasteiger partial charge < -0.3 is 0 Å². The summed E-state index contributed by atoms with van der Waals surface area (Å²) in [5, 5.41) is 14.6. The normalized spacial score (nSPS) is 11.0. The average Bonchev–Trinajstić information content (AvgIpc) is 2.53. The highest BCUT2D eigenvalue weighted by Crippen LogP contribution is 2.12. The number of amides is 1. The molecular weight excluding hydrogens is 272 g/mol. The SMILES string of the molecule is C/C(=N/NC(=O)c1cccc([N+](=O)[O-])c1)c1ccncc1. The molecule has 0 aliphatic carbocycles. The van der Waals surface area contributed by atoms with Gasteiger partial charge in [0, 0.05) is 35.7 Å². The highest BCUT2D eigenvalue weighted by Gasteiger charge is 2.11. The van der Waals surface area contributed by atoms with E-state index in [-0.39, 0.29) is 11.3 Å². The molecule has 21 heavy (non-hydrogen) atoms. The first-order valence-corrected chi connectivity index (χ1v) is 6.07. The maximum Gasteiger partial charge on any atom is 0.271 e. The molecule has 0 bridgehead atoms. The fourth-order valence-corrected chi connectivity index (χ4v) is 1.62. The molecule has 0 unspecified atom stereocenters. The standard InChI is InChI=1S/C14H12N4O3/c1-10(11-5-7-15-8-6-11)16-17-14(19)12-3-2-4-13(9-12)18(20)21/h2-9H,1H3,(H,17,19)/b16-10-. The van der Waals surface area contributed by atoms with Crippen LogP contribution in [-0.4, -0.2) is 21.5 Å². The Morgan fingerprint density at radius 2 is 1.95 bits per heavy atom. The zero-order valence-corrected chi connectivity index (χ0v) is 11.2. The molecule has 2 aromatic rings. The van der Waals surface area contributed by atoms with E-state index in [1.165, 1.54) is 24.3 Å². The highest BCUT2D eigenvalue weighted by molar-refractivity contribution is 6.00.